The molecule has 2 unspecified atom stereocenters. The van der Waals surface area contributed by atoms with Crippen molar-refractivity contribution >= 4 is 23.6 Å². The van der Waals surface area contributed by atoms with Crippen molar-refractivity contribution in [2.75, 3.05) is 6.54 Å². The van der Waals surface area contributed by atoms with Crippen molar-refractivity contribution in [1.82, 2.24) is 21.3 Å². The molecule has 0 aliphatic heterocycles. The van der Waals surface area contributed by atoms with E-state index in [4.69, 9.17) is 5.73 Å². The van der Waals surface area contributed by atoms with Crippen LogP contribution in [0.1, 0.15) is 53.5 Å². The molecule has 0 aliphatic rings. The van der Waals surface area contributed by atoms with Gasteiger partial charge in [0, 0.05) is 12.0 Å². The van der Waals surface area contributed by atoms with Crippen LogP contribution in [0.3, 0.4) is 0 Å². The van der Waals surface area contributed by atoms with Crippen LogP contribution in [0.25, 0.3) is 0 Å². The maximum Gasteiger partial charge on any atom is 0.243 e. The molecule has 1 aromatic rings. The zero-order valence-corrected chi connectivity index (χ0v) is 20.5. The number of primary amides is 1. The first-order valence-corrected chi connectivity index (χ1v) is 11.3. The third-order valence-corrected chi connectivity index (χ3v) is 5.58. The minimum absolute atomic E-state index is 0.0708. The van der Waals surface area contributed by atoms with Gasteiger partial charge in [-0.25, -0.2) is 0 Å². The van der Waals surface area contributed by atoms with Crippen LogP contribution in [0.4, 0.5) is 0 Å². The Morgan fingerprint density at radius 2 is 1.55 bits per heavy atom. The van der Waals surface area contributed by atoms with E-state index in [1.165, 1.54) is 6.92 Å². The summed E-state index contributed by atoms with van der Waals surface area (Å²) in [6.07, 6.45) is 1.06. The first-order chi connectivity index (χ1) is 15.4. The highest BCUT2D eigenvalue weighted by molar-refractivity contribution is 5.94. The Bertz CT molecular complexity index is 810. The van der Waals surface area contributed by atoms with Crippen molar-refractivity contribution < 1.29 is 19.2 Å². The lowest BCUT2D eigenvalue weighted by atomic mass is 10.0. The summed E-state index contributed by atoms with van der Waals surface area (Å²) in [5, 5.41) is 11.2. The van der Waals surface area contributed by atoms with Crippen LogP contribution < -0.4 is 27.0 Å². The van der Waals surface area contributed by atoms with E-state index in [1.807, 2.05) is 65.0 Å². The van der Waals surface area contributed by atoms with E-state index in [0.717, 1.165) is 12.0 Å². The number of benzene rings is 1. The van der Waals surface area contributed by atoms with Gasteiger partial charge in [-0.05, 0) is 38.7 Å². The molecule has 6 N–H and O–H groups in total. The van der Waals surface area contributed by atoms with Gasteiger partial charge in [-0.3, -0.25) is 19.2 Å². The van der Waals surface area contributed by atoms with Gasteiger partial charge in [0.25, 0.3) is 0 Å². The molecule has 1 aromatic carbocycles. The summed E-state index contributed by atoms with van der Waals surface area (Å²) in [5.41, 5.74) is 5.88. The van der Waals surface area contributed by atoms with Crippen LogP contribution in [0.2, 0.25) is 0 Å². The third-order valence-electron chi connectivity index (χ3n) is 5.58. The highest BCUT2D eigenvalue weighted by Gasteiger charge is 2.30. The highest BCUT2D eigenvalue weighted by atomic mass is 16.2. The van der Waals surface area contributed by atoms with E-state index in [1.54, 1.807) is 0 Å². The summed E-state index contributed by atoms with van der Waals surface area (Å²) >= 11 is 0. The maximum absolute atomic E-state index is 13.1. The Kier molecular flexibility index (Phi) is 11.0. The van der Waals surface area contributed by atoms with Gasteiger partial charge in [0.2, 0.25) is 23.6 Å². The number of carbonyl (C=O) groups excluding carboxylic acids is 4. The topological polar surface area (TPSA) is 142 Å². The molecule has 0 saturated heterocycles. The largest absolute Gasteiger partial charge is 0.368 e. The van der Waals surface area contributed by atoms with Gasteiger partial charge >= 0.3 is 0 Å². The van der Waals surface area contributed by atoms with Crippen molar-refractivity contribution in [2.45, 2.75) is 78.0 Å². The molecule has 3 atom stereocenters. The van der Waals surface area contributed by atoms with E-state index >= 15 is 0 Å². The number of carbonyl (C=O) groups is 4. The van der Waals surface area contributed by atoms with Gasteiger partial charge in [0.05, 0.1) is 6.54 Å². The molecule has 0 aliphatic carbocycles. The lowest BCUT2D eigenvalue weighted by Gasteiger charge is -2.27. The van der Waals surface area contributed by atoms with Crippen LogP contribution in [-0.4, -0.2) is 53.8 Å². The average Bonchev–Trinajstić information content (AvgIpc) is 2.75. The average molecular weight is 462 g/mol. The molecule has 0 radical (unpaired) electrons. The Hall–Kier alpha value is -2.94. The van der Waals surface area contributed by atoms with E-state index < -0.39 is 35.8 Å². The SMILES string of the molecule is CCC(C)(C)NCC(=O)NC(C(=O)NC(Cc1ccccc1)C(=O)N[C@H](C)C(N)=O)C(C)C. The maximum atomic E-state index is 13.1. The predicted molar refractivity (Wildman–Crippen MR) is 128 cm³/mol. The van der Waals surface area contributed by atoms with Crippen molar-refractivity contribution in [3.05, 3.63) is 35.9 Å². The molecule has 184 valence electrons. The quantitative estimate of drug-likeness (QED) is 0.293. The number of nitrogens with one attached hydrogen (secondary N) is 4. The summed E-state index contributed by atoms with van der Waals surface area (Å²) in [5.74, 6) is -2.20. The number of rotatable bonds is 13. The number of nitrogens with two attached hydrogens (primary N) is 1. The van der Waals surface area contributed by atoms with Gasteiger partial charge in [-0.15, -0.1) is 0 Å². The monoisotopic (exact) mass is 461 g/mol. The highest BCUT2D eigenvalue weighted by Crippen LogP contribution is 2.08. The van der Waals surface area contributed by atoms with Crippen LogP contribution in [0, 0.1) is 5.92 Å². The fourth-order valence-corrected chi connectivity index (χ4v) is 2.91. The number of amides is 4. The molecule has 0 aromatic heterocycles. The second-order valence-corrected chi connectivity index (χ2v) is 9.26. The molecule has 1 rings (SSSR count). The van der Waals surface area contributed by atoms with Gasteiger partial charge in [-0.2, -0.15) is 0 Å². The van der Waals surface area contributed by atoms with Crippen LogP contribution >= 0.6 is 0 Å². The van der Waals surface area contributed by atoms with Crippen molar-refractivity contribution in [2.24, 2.45) is 11.7 Å². The zero-order chi connectivity index (χ0) is 25.2. The molecule has 4 amide bonds. The molecule has 0 spiro atoms. The summed E-state index contributed by atoms with van der Waals surface area (Å²) in [4.78, 5) is 49.8. The van der Waals surface area contributed by atoms with Crippen molar-refractivity contribution in [3.8, 4) is 0 Å². The number of hydrogen-bond donors (Lipinski definition) is 5. The van der Waals surface area contributed by atoms with Gasteiger partial charge in [-0.1, -0.05) is 51.1 Å². The molecule has 0 bridgehead atoms. The molecule has 0 fully saturated rings. The Morgan fingerprint density at radius 1 is 0.939 bits per heavy atom. The lowest BCUT2D eigenvalue weighted by molar-refractivity contribution is -0.133. The Labute approximate surface area is 196 Å². The fourth-order valence-electron chi connectivity index (χ4n) is 2.91. The van der Waals surface area contributed by atoms with Gasteiger partial charge in [0.1, 0.15) is 18.1 Å². The summed E-state index contributed by atoms with van der Waals surface area (Å²) in [6.45, 7) is 11.2. The lowest BCUT2D eigenvalue weighted by Crippen LogP contribution is -2.58. The molecule has 0 heterocycles. The number of hydrogen-bond acceptors (Lipinski definition) is 5. The first kappa shape index (κ1) is 28.1. The van der Waals surface area contributed by atoms with Crippen LogP contribution in [0.15, 0.2) is 30.3 Å². The van der Waals surface area contributed by atoms with E-state index in [-0.39, 0.29) is 30.3 Å². The predicted octanol–water partition coefficient (Wildman–Crippen LogP) is 0.623. The second-order valence-electron chi connectivity index (χ2n) is 9.26. The third kappa shape index (κ3) is 10.0. The van der Waals surface area contributed by atoms with E-state index in [0.29, 0.717) is 0 Å². The normalized spacial score (nSPS) is 14.2. The van der Waals surface area contributed by atoms with Gasteiger partial charge in [0.15, 0.2) is 0 Å². The molecule has 9 heteroatoms. The standard InChI is InChI=1S/C24H39N5O4/c1-7-24(5,6)26-14-19(30)29-20(15(2)3)23(33)28-18(13-17-11-9-8-10-12-17)22(32)27-16(4)21(25)31/h8-12,15-16,18,20,26H,7,13-14H2,1-6H3,(H2,25,31)(H,27,32)(H,28,33)(H,29,30)/t16-,18?,20?/m1/s1. The van der Waals surface area contributed by atoms with E-state index in [2.05, 4.69) is 21.3 Å². The molecule has 0 saturated carbocycles. The Morgan fingerprint density at radius 3 is 2.06 bits per heavy atom. The molecular formula is C24H39N5O4. The van der Waals surface area contributed by atoms with Crippen LogP contribution in [-0.2, 0) is 25.6 Å². The summed E-state index contributed by atoms with van der Waals surface area (Å²) < 4.78 is 0. The second kappa shape index (κ2) is 12.9. The minimum Gasteiger partial charge on any atom is -0.368 e. The van der Waals surface area contributed by atoms with E-state index in [9.17, 15) is 19.2 Å². The van der Waals surface area contributed by atoms with Crippen molar-refractivity contribution in [1.29, 1.82) is 0 Å². The minimum atomic E-state index is -0.947. The Balaban J connectivity index is 2.94. The van der Waals surface area contributed by atoms with Crippen LogP contribution in [0.5, 0.6) is 0 Å². The smallest absolute Gasteiger partial charge is 0.243 e. The molecule has 9 nitrogen and oxygen atoms in total. The first-order valence-electron chi connectivity index (χ1n) is 11.3. The van der Waals surface area contributed by atoms with Gasteiger partial charge < -0.3 is 27.0 Å². The van der Waals surface area contributed by atoms with Crippen molar-refractivity contribution in [3.63, 3.8) is 0 Å². The molecule has 33 heavy (non-hydrogen) atoms. The summed E-state index contributed by atoms with van der Waals surface area (Å²) in [6, 6.07) is 6.53. The zero-order valence-electron chi connectivity index (χ0n) is 20.5. The fraction of sp³-hybridized carbons (Fsp3) is 0.583. The summed E-state index contributed by atoms with van der Waals surface area (Å²) in [7, 11) is 0. The molecular weight excluding hydrogens is 422 g/mol.